The molecule has 0 spiro atoms. The van der Waals surface area contributed by atoms with Crippen LogP contribution in [0.3, 0.4) is 0 Å². The van der Waals surface area contributed by atoms with Crippen LogP contribution in [0.2, 0.25) is 0 Å². The molecule has 3 rings (SSSR count). The standard InChI is InChI=1S/C18H20N4O3/c1-11-13(10-19-12(2)20-11)17(23)21-14-8-9-22(18(14)24)15-6-4-5-7-16(15)25-3/h4-7,10,14H,8-9H2,1-3H3,(H,21,23)/t14-/m1/s1. The summed E-state index contributed by atoms with van der Waals surface area (Å²) < 4.78 is 5.32. The Morgan fingerprint density at radius 3 is 2.80 bits per heavy atom. The monoisotopic (exact) mass is 340 g/mol. The number of carbonyl (C=O) groups excluding carboxylic acids is 2. The first kappa shape index (κ1) is 16.9. The zero-order valence-corrected chi connectivity index (χ0v) is 14.4. The Hall–Kier alpha value is -2.96. The highest BCUT2D eigenvalue weighted by atomic mass is 16.5. The summed E-state index contributed by atoms with van der Waals surface area (Å²) in [5.74, 6) is 0.750. The quantitative estimate of drug-likeness (QED) is 0.914. The first-order valence-electron chi connectivity index (χ1n) is 8.06. The average Bonchev–Trinajstić information content (AvgIpc) is 2.95. The third-order valence-electron chi connectivity index (χ3n) is 4.23. The van der Waals surface area contributed by atoms with E-state index in [1.807, 2.05) is 24.3 Å². The van der Waals surface area contributed by atoms with E-state index in [0.717, 1.165) is 0 Å². The largest absolute Gasteiger partial charge is 0.495 e. The summed E-state index contributed by atoms with van der Waals surface area (Å²) in [5.41, 5.74) is 1.69. The van der Waals surface area contributed by atoms with Crippen LogP contribution in [0, 0.1) is 13.8 Å². The number of benzene rings is 1. The molecule has 0 radical (unpaired) electrons. The van der Waals surface area contributed by atoms with Crippen LogP contribution < -0.4 is 15.0 Å². The minimum Gasteiger partial charge on any atom is -0.495 e. The molecule has 1 fully saturated rings. The van der Waals surface area contributed by atoms with Gasteiger partial charge >= 0.3 is 0 Å². The van der Waals surface area contributed by atoms with E-state index in [1.165, 1.54) is 6.20 Å². The van der Waals surface area contributed by atoms with E-state index in [1.54, 1.807) is 25.9 Å². The summed E-state index contributed by atoms with van der Waals surface area (Å²) >= 11 is 0. The van der Waals surface area contributed by atoms with Crippen LogP contribution in [-0.4, -0.2) is 41.5 Å². The first-order valence-corrected chi connectivity index (χ1v) is 8.06. The van der Waals surface area contributed by atoms with Crippen molar-refractivity contribution in [3.63, 3.8) is 0 Å². The highest BCUT2D eigenvalue weighted by Crippen LogP contribution is 2.31. The molecule has 0 bridgehead atoms. The van der Waals surface area contributed by atoms with Gasteiger partial charge in [0.05, 0.1) is 24.1 Å². The van der Waals surface area contributed by atoms with Crippen LogP contribution in [0.1, 0.15) is 28.3 Å². The van der Waals surface area contributed by atoms with Crippen molar-refractivity contribution >= 4 is 17.5 Å². The molecule has 130 valence electrons. The highest BCUT2D eigenvalue weighted by Gasteiger charge is 2.35. The minimum atomic E-state index is -0.571. The zero-order valence-electron chi connectivity index (χ0n) is 14.4. The molecule has 7 heteroatoms. The molecule has 1 aliphatic heterocycles. The normalized spacial score (nSPS) is 16.8. The number of amides is 2. The van der Waals surface area contributed by atoms with Crippen molar-refractivity contribution in [2.45, 2.75) is 26.3 Å². The molecular formula is C18H20N4O3. The summed E-state index contributed by atoms with van der Waals surface area (Å²) in [6.07, 6.45) is 2.03. The van der Waals surface area contributed by atoms with Crippen molar-refractivity contribution in [3.05, 3.63) is 47.5 Å². The molecule has 1 N–H and O–H groups in total. The van der Waals surface area contributed by atoms with Crippen molar-refractivity contribution in [2.75, 3.05) is 18.6 Å². The van der Waals surface area contributed by atoms with Crippen LogP contribution in [0.25, 0.3) is 0 Å². The minimum absolute atomic E-state index is 0.150. The van der Waals surface area contributed by atoms with E-state index in [4.69, 9.17) is 4.74 Å². The fraction of sp³-hybridized carbons (Fsp3) is 0.333. The number of hydrogen-bond donors (Lipinski definition) is 1. The summed E-state index contributed by atoms with van der Waals surface area (Å²) in [5, 5.41) is 2.79. The number of rotatable bonds is 4. The van der Waals surface area contributed by atoms with Gasteiger partial charge in [0.2, 0.25) is 5.91 Å². The number of methoxy groups -OCH3 is 1. The molecule has 1 aromatic heterocycles. The lowest BCUT2D eigenvalue weighted by Crippen LogP contribution is -2.42. The summed E-state index contributed by atoms with van der Waals surface area (Å²) in [6, 6.07) is 6.77. The average molecular weight is 340 g/mol. The van der Waals surface area contributed by atoms with Crippen molar-refractivity contribution < 1.29 is 14.3 Å². The second-order valence-electron chi connectivity index (χ2n) is 5.89. The van der Waals surface area contributed by atoms with E-state index in [9.17, 15) is 9.59 Å². The van der Waals surface area contributed by atoms with Gasteiger partial charge in [-0.05, 0) is 32.4 Å². The number of ether oxygens (including phenoxy) is 1. The predicted octanol–water partition coefficient (Wildman–Crippen LogP) is 1.64. The van der Waals surface area contributed by atoms with Crippen LogP contribution in [-0.2, 0) is 4.79 Å². The fourth-order valence-corrected chi connectivity index (χ4v) is 2.95. The molecular weight excluding hydrogens is 320 g/mol. The van der Waals surface area contributed by atoms with E-state index < -0.39 is 6.04 Å². The Balaban J connectivity index is 1.75. The van der Waals surface area contributed by atoms with Crippen LogP contribution in [0.5, 0.6) is 5.75 Å². The predicted molar refractivity (Wildman–Crippen MR) is 92.7 cm³/mol. The number of nitrogens with one attached hydrogen (secondary N) is 1. The maximum atomic E-state index is 12.7. The lowest BCUT2D eigenvalue weighted by atomic mass is 10.2. The Kier molecular flexibility index (Phi) is 4.65. The van der Waals surface area contributed by atoms with Crippen LogP contribution >= 0.6 is 0 Å². The molecule has 7 nitrogen and oxygen atoms in total. The molecule has 2 heterocycles. The van der Waals surface area contributed by atoms with Crippen LogP contribution in [0.4, 0.5) is 5.69 Å². The smallest absolute Gasteiger partial charge is 0.255 e. The van der Waals surface area contributed by atoms with Crippen molar-refractivity contribution in [2.24, 2.45) is 0 Å². The van der Waals surface area contributed by atoms with Gasteiger partial charge in [0.15, 0.2) is 0 Å². The molecule has 0 aliphatic carbocycles. The fourth-order valence-electron chi connectivity index (χ4n) is 2.95. The van der Waals surface area contributed by atoms with Crippen molar-refractivity contribution in [3.8, 4) is 5.75 Å². The number of carbonyl (C=O) groups is 2. The van der Waals surface area contributed by atoms with Gasteiger partial charge in [-0.1, -0.05) is 12.1 Å². The highest BCUT2D eigenvalue weighted by molar-refractivity contribution is 6.04. The van der Waals surface area contributed by atoms with Gasteiger partial charge < -0.3 is 15.0 Å². The Morgan fingerprint density at radius 1 is 1.32 bits per heavy atom. The lowest BCUT2D eigenvalue weighted by Gasteiger charge is -2.19. The number of aromatic nitrogens is 2. The Morgan fingerprint density at radius 2 is 2.08 bits per heavy atom. The van der Waals surface area contributed by atoms with Gasteiger partial charge in [0.1, 0.15) is 17.6 Å². The van der Waals surface area contributed by atoms with Gasteiger partial charge in [0.25, 0.3) is 5.91 Å². The lowest BCUT2D eigenvalue weighted by molar-refractivity contribution is -0.118. The second-order valence-corrected chi connectivity index (χ2v) is 5.89. The molecule has 1 aliphatic rings. The van der Waals surface area contributed by atoms with Gasteiger partial charge in [-0.15, -0.1) is 0 Å². The third kappa shape index (κ3) is 3.31. The summed E-state index contributed by atoms with van der Waals surface area (Å²) in [4.78, 5) is 35.0. The molecule has 1 aromatic carbocycles. The first-order chi connectivity index (χ1) is 12.0. The molecule has 0 unspecified atom stereocenters. The number of aryl methyl sites for hydroxylation is 2. The maximum absolute atomic E-state index is 12.7. The zero-order chi connectivity index (χ0) is 18.0. The molecule has 2 amide bonds. The van der Waals surface area contributed by atoms with Gasteiger partial charge in [0, 0.05) is 12.7 Å². The number of hydrogen-bond acceptors (Lipinski definition) is 5. The van der Waals surface area contributed by atoms with E-state index in [0.29, 0.717) is 41.5 Å². The Bertz CT molecular complexity index is 822. The topological polar surface area (TPSA) is 84.4 Å². The SMILES string of the molecule is COc1ccccc1N1CC[C@@H](NC(=O)c2cnc(C)nc2C)C1=O. The third-order valence-corrected chi connectivity index (χ3v) is 4.23. The van der Waals surface area contributed by atoms with E-state index in [2.05, 4.69) is 15.3 Å². The Labute approximate surface area is 146 Å². The molecule has 25 heavy (non-hydrogen) atoms. The van der Waals surface area contributed by atoms with Gasteiger partial charge in [-0.25, -0.2) is 9.97 Å². The second kappa shape index (κ2) is 6.88. The maximum Gasteiger partial charge on any atom is 0.255 e. The number of anilines is 1. The van der Waals surface area contributed by atoms with Gasteiger partial charge in [-0.3, -0.25) is 9.59 Å². The summed E-state index contributed by atoms with van der Waals surface area (Å²) in [7, 11) is 1.57. The van der Waals surface area contributed by atoms with Crippen molar-refractivity contribution in [1.29, 1.82) is 0 Å². The molecule has 1 saturated heterocycles. The summed E-state index contributed by atoms with van der Waals surface area (Å²) in [6.45, 7) is 4.04. The van der Waals surface area contributed by atoms with Gasteiger partial charge in [-0.2, -0.15) is 0 Å². The van der Waals surface area contributed by atoms with Crippen LogP contribution in [0.15, 0.2) is 30.5 Å². The molecule has 0 saturated carbocycles. The molecule has 1 atom stereocenters. The molecule has 2 aromatic rings. The number of para-hydroxylation sites is 2. The van der Waals surface area contributed by atoms with E-state index >= 15 is 0 Å². The van der Waals surface area contributed by atoms with E-state index in [-0.39, 0.29) is 11.8 Å². The van der Waals surface area contributed by atoms with Crippen molar-refractivity contribution in [1.82, 2.24) is 15.3 Å². The number of nitrogens with zero attached hydrogens (tertiary/aromatic N) is 3.